The van der Waals surface area contributed by atoms with Gasteiger partial charge in [-0.25, -0.2) is 22.0 Å². The van der Waals surface area contributed by atoms with E-state index >= 15 is 0 Å². The maximum atomic E-state index is 14.0. The van der Waals surface area contributed by atoms with Crippen molar-refractivity contribution < 1.29 is 45.9 Å². The van der Waals surface area contributed by atoms with Crippen molar-refractivity contribution in [3.63, 3.8) is 0 Å². The molecule has 6 rings (SSSR count). The number of nitrogens with one attached hydrogen (secondary N) is 3. The van der Waals surface area contributed by atoms with Crippen molar-refractivity contribution in [1.82, 2.24) is 25.2 Å². The lowest BCUT2D eigenvalue weighted by molar-refractivity contribution is -0.143. The van der Waals surface area contributed by atoms with Gasteiger partial charge in [0.1, 0.15) is 23.7 Å². The second-order valence-electron chi connectivity index (χ2n) is 14.0. The third-order valence-electron chi connectivity index (χ3n) is 10.3. The number of allylic oxidation sites excluding steroid dienone is 1. The normalized spacial score (nSPS) is 29.2. The second-order valence-corrected chi connectivity index (χ2v) is 16.0. The number of benzene rings is 1. The predicted octanol–water partition coefficient (Wildman–Crippen LogP) is 2.89. The number of hydrogen-bond acceptors (Lipinski definition) is 8. The SMILES string of the molecule is C=C[C@H]1C[C@]1(NC(=O)[C@@H]1C[C@@H]2CN1C(=O)[C@H](CC(F)F)NC(=O)CCCCC/C=C/c1cccc3c1CN(C3)C(=O)O2)C(=O)NS(=O)(=O)C1CC1. The standard InChI is InChI=1S/C35H43F2N5O8S/c1-2-23-17-35(23,33(46)40-51(48,49)25-13-14-25)39-31(44)28-15-24-19-42(28)32(45)27(16-29(36)37)38-30(43)12-7-5-3-4-6-9-21-10-8-11-22-18-41(20-26(21)22)34(47)50-24/h2,6,8-11,23-25,27-29H,1,3-5,7,12-20H2,(H,38,43)(H,39,44)(H,40,46)/b9-6+/t23-,24+,27-,28-,35+/m0/s1. The minimum absolute atomic E-state index is 0.00719. The van der Waals surface area contributed by atoms with Gasteiger partial charge in [0, 0.05) is 31.7 Å². The van der Waals surface area contributed by atoms with E-state index in [4.69, 9.17) is 4.74 Å². The fourth-order valence-corrected chi connectivity index (χ4v) is 8.51. The van der Waals surface area contributed by atoms with Gasteiger partial charge in [-0.05, 0) is 55.2 Å². The molecule has 1 saturated heterocycles. The van der Waals surface area contributed by atoms with Crippen LogP contribution in [0.4, 0.5) is 13.6 Å². The van der Waals surface area contributed by atoms with Crippen LogP contribution in [0.25, 0.3) is 6.08 Å². The second kappa shape index (κ2) is 14.7. The first-order valence-corrected chi connectivity index (χ1v) is 19.0. The zero-order valence-corrected chi connectivity index (χ0v) is 29.0. The molecular formula is C35H43F2N5O8S. The van der Waals surface area contributed by atoms with Crippen molar-refractivity contribution in [1.29, 1.82) is 0 Å². The van der Waals surface area contributed by atoms with Crippen molar-refractivity contribution in [2.24, 2.45) is 5.92 Å². The molecular weight excluding hydrogens is 688 g/mol. The Kier molecular flexibility index (Phi) is 10.5. The number of fused-ring (bicyclic) bond motifs is 3. The minimum Gasteiger partial charge on any atom is -0.444 e. The third-order valence-corrected chi connectivity index (χ3v) is 12.1. The first-order chi connectivity index (χ1) is 24.3. The number of hydrogen-bond donors (Lipinski definition) is 3. The molecule has 3 fully saturated rings. The average molecular weight is 732 g/mol. The molecule has 3 heterocycles. The number of carbonyl (C=O) groups excluding carboxylic acids is 5. The number of halogens is 2. The van der Waals surface area contributed by atoms with Gasteiger partial charge >= 0.3 is 6.09 Å². The molecule has 3 aliphatic heterocycles. The van der Waals surface area contributed by atoms with Crippen molar-refractivity contribution in [3.8, 4) is 0 Å². The molecule has 3 N–H and O–H groups in total. The molecule has 51 heavy (non-hydrogen) atoms. The van der Waals surface area contributed by atoms with Gasteiger partial charge in [0.15, 0.2) is 0 Å². The summed E-state index contributed by atoms with van der Waals surface area (Å²) < 4.78 is 60.6. The van der Waals surface area contributed by atoms with Gasteiger partial charge in [-0.2, -0.15) is 0 Å². The Morgan fingerprint density at radius 3 is 2.63 bits per heavy atom. The Labute approximate surface area is 295 Å². The highest BCUT2D eigenvalue weighted by Gasteiger charge is 2.62. The van der Waals surface area contributed by atoms with Crippen molar-refractivity contribution in [3.05, 3.63) is 53.6 Å². The summed E-state index contributed by atoms with van der Waals surface area (Å²) in [6.45, 7) is 3.90. The number of amides is 5. The highest BCUT2D eigenvalue weighted by molar-refractivity contribution is 7.91. The van der Waals surface area contributed by atoms with E-state index in [1.807, 2.05) is 30.4 Å². The number of rotatable bonds is 8. The Morgan fingerprint density at radius 1 is 1.14 bits per heavy atom. The summed E-state index contributed by atoms with van der Waals surface area (Å²) in [5.74, 6) is -3.99. The molecule has 5 aliphatic rings. The summed E-state index contributed by atoms with van der Waals surface area (Å²) in [4.78, 5) is 70.1. The fraction of sp³-hybridized carbons (Fsp3) is 0.571. The zero-order valence-electron chi connectivity index (χ0n) is 28.2. The highest BCUT2D eigenvalue weighted by atomic mass is 32.2. The van der Waals surface area contributed by atoms with Gasteiger partial charge in [0.25, 0.3) is 5.91 Å². The van der Waals surface area contributed by atoms with Crippen LogP contribution in [0.15, 0.2) is 36.9 Å². The van der Waals surface area contributed by atoms with Crippen LogP contribution in [-0.4, -0.2) is 89.9 Å². The topological polar surface area (TPSA) is 171 Å². The molecule has 0 unspecified atom stereocenters. The molecule has 16 heteroatoms. The molecule has 2 aliphatic carbocycles. The van der Waals surface area contributed by atoms with Gasteiger partial charge < -0.3 is 20.3 Å². The smallest absolute Gasteiger partial charge is 0.410 e. The molecule has 0 spiro atoms. The zero-order chi connectivity index (χ0) is 36.5. The van der Waals surface area contributed by atoms with E-state index in [1.54, 1.807) is 0 Å². The van der Waals surface area contributed by atoms with E-state index in [0.29, 0.717) is 25.7 Å². The fourth-order valence-electron chi connectivity index (χ4n) is 7.15. The number of alkyl halides is 2. The summed E-state index contributed by atoms with van der Waals surface area (Å²) in [5.41, 5.74) is 1.23. The van der Waals surface area contributed by atoms with E-state index in [-0.39, 0.29) is 38.9 Å². The summed E-state index contributed by atoms with van der Waals surface area (Å²) in [6, 6.07) is 2.72. The van der Waals surface area contributed by atoms with E-state index in [0.717, 1.165) is 34.4 Å². The van der Waals surface area contributed by atoms with Crippen molar-refractivity contribution in [2.45, 2.75) is 113 Å². The predicted molar refractivity (Wildman–Crippen MR) is 180 cm³/mol. The van der Waals surface area contributed by atoms with Crippen LogP contribution in [0, 0.1) is 5.92 Å². The molecule has 0 aromatic heterocycles. The van der Waals surface area contributed by atoms with Crippen LogP contribution in [0.5, 0.6) is 0 Å². The lowest BCUT2D eigenvalue weighted by Crippen LogP contribution is -2.58. The van der Waals surface area contributed by atoms with Gasteiger partial charge in [0.05, 0.1) is 18.3 Å². The van der Waals surface area contributed by atoms with E-state index in [1.165, 1.54) is 11.0 Å². The molecule has 0 radical (unpaired) electrons. The highest BCUT2D eigenvalue weighted by Crippen LogP contribution is 2.45. The monoisotopic (exact) mass is 731 g/mol. The Balaban J connectivity index is 1.26. The van der Waals surface area contributed by atoms with E-state index in [2.05, 4.69) is 21.9 Å². The Morgan fingerprint density at radius 2 is 1.92 bits per heavy atom. The van der Waals surface area contributed by atoms with Crippen LogP contribution in [0.1, 0.15) is 80.9 Å². The molecule has 4 bridgehead atoms. The maximum Gasteiger partial charge on any atom is 0.410 e. The molecule has 1 aromatic rings. The third kappa shape index (κ3) is 8.10. The number of carbonyl (C=O) groups is 5. The number of ether oxygens (including phenoxy) is 1. The first-order valence-electron chi connectivity index (χ1n) is 17.4. The van der Waals surface area contributed by atoms with Crippen LogP contribution in [0.2, 0.25) is 0 Å². The first kappa shape index (κ1) is 36.5. The van der Waals surface area contributed by atoms with Gasteiger partial charge in [-0.3, -0.25) is 28.8 Å². The summed E-state index contributed by atoms with van der Waals surface area (Å²) in [7, 11) is -3.96. The average Bonchev–Trinajstić information content (AvgIpc) is 3.97. The van der Waals surface area contributed by atoms with Gasteiger partial charge in [-0.15, -0.1) is 6.58 Å². The number of nitrogens with zero attached hydrogens (tertiary/aromatic N) is 2. The van der Waals surface area contributed by atoms with E-state index < -0.39 is 87.5 Å². The largest absolute Gasteiger partial charge is 0.444 e. The maximum absolute atomic E-state index is 14.0. The molecule has 276 valence electrons. The Hall–Kier alpha value is -4.34. The Bertz CT molecular complexity index is 1730. The molecule has 5 atom stereocenters. The molecule has 2 saturated carbocycles. The summed E-state index contributed by atoms with van der Waals surface area (Å²) in [5, 5.41) is 4.34. The molecule has 5 amide bonds. The van der Waals surface area contributed by atoms with Crippen LogP contribution in [0.3, 0.4) is 0 Å². The lowest BCUT2D eigenvalue weighted by Gasteiger charge is -2.29. The van der Waals surface area contributed by atoms with Crippen LogP contribution >= 0.6 is 0 Å². The van der Waals surface area contributed by atoms with E-state index in [9.17, 15) is 41.2 Å². The quantitative estimate of drug-likeness (QED) is 0.343. The summed E-state index contributed by atoms with van der Waals surface area (Å²) in [6.07, 6.45) is 3.06. The lowest BCUT2D eigenvalue weighted by atomic mass is 10.0. The molecule has 13 nitrogen and oxygen atoms in total. The van der Waals surface area contributed by atoms with Gasteiger partial charge in [0.2, 0.25) is 34.2 Å². The summed E-state index contributed by atoms with van der Waals surface area (Å²) >= 11 is 0. The molecule has 1 aromatic carbocycles. The van der Waals surface area contributed by atoms with Crippen molar-refractivity contribution >= 4 is 45.8 Å². The number of sulfonamides is 1. The van der Waals surface area contributed by atoms with Crippen molar-refractivity contribution in [2.75, 3.05) is 6.54 Å². The van der Waals surface area contributed by atoms with Crippen LogP contribution < -0.4 is 15.4 Å². The van der Waals surface area contributed by atoms with Crippen LogP contribution in [-0.2, 0) is 47.0 Å². The minimum atomic E-state index is -3.96. The van der Waals surface area contributed by atoms with Gasteiger partial charge in [-0.1, -0.05) is 42.8 Å².